The first-order chi connectivity index (χ1) is 27.3. The van der Waals surface area contributed by atoms with Crippen LogP contribution >= 0.6 is 0 Å². The summed E-state index contributed by atoms with van der Waals surface area (Å²) in [5.74, 6) is 1.27. The van der Waals surface area contributed by atoms with Crippen LogP contribution in [0.5, 0.6) is 0 Å². The van der Waals surface area contributed by atoms with Crippen LogP contribution in [0.4, 0.5) is 0 Å². The molecule has 1 aliphatic rings. The Balaban J connectivity index is 1.35. The number of hydrogen-bond acceptors (Lipinski definition) is 4. The molecule has 0 aliphatic heterocycles. The molecule has 4 aromatic heterocycles. The lowest BCUT2D eigenvalue weighted by Gasteiger charge is -2.15. The van der Waals surface area contributed by atoms with Crippen molar-refractivity contribution in [3.63, 3.8) is 0 Å². The molecule has 0 saturated carbocycles. The van der Waals surface area contributed by atoms with Gasteiger partial charge >= 0.3 is 0 Å². The van der Waals surface area contributed by atoms with E-state index < -0.39 is 0 Å². The van der Waals surface area contributed by atoms with Crippen molar-refractivity contribution >= 4 is 66.3 Å². The van der Waals surface area contributed by atoms with E-state index in [0.29, 0.717) is 17.3 Å². The molecule has 0 N–H and O–H groups in total. The Bertz CT molecular complexity index is 3090. The Labute approximate surface area is 318 Å². The smallest absolute Gasteiger partial charge is 0.236 e. The van der Waals surface area contributed by atoms with Gasteiger partial charge in [-0.1, -0.05) is 140 Å². The third-order valence-corrected chi connectivity index (χ3v) is 10.4. The highest BCUT2D eigenvalue weighted by atomic mass is 15.2. The molecular formula is C49H36N6. The third kappa shape index (κ3) is 5.50. The first kappa shape index (κ1) is 32.5. The molecule has 0 atom stereocenters. The summed E-state index contributed by atoms with van der Waals surface area (Å²) in [7, 11) is 0. The Kier molecular flexibility index (Phi) is 8.07. The summed E-state index contributed by atoms with van der Waals surface area (Å²) < 4.78 is 4.61. The summed E-state index contributed by atoms with van der Waals surface area (Å²) in [6.45, 7) is 2.01. The van der Waals surface area contributed by atoms with Gasteiger partial charge in [0.05, 0.1) is 27.8 Å². The number of aromatic nitrogens is 6. The molecule has 1 aliphatic carbocycles. The number of rotatable bonds is 7. The van der Waals surface area contributed by atoms with E-state index in [1.54, 1.807) is 0 Å². The maximum Gasteiger partial charge on any atom is 0.236 e. The third-order valence-electron chi connectivity index (χ3n) is 10.4. The molecule has 262 valence electrons. The van der Waals surface area contributed by atoms with Crippen molar-refractivity contribution in [3.8, 4) is 22.9 Å². The Morgan fingerprint density at radius 3 is 2.09 bits per heavy atom. The average molecular weight is 709 g/mol. The monoisotopic (exact) mass is 708 g/mol. The highest BCUT2D eigenvalue weighted by Gasteiger charge is 2.24. The summed E-state index contributed by atoms with van der Waals surface area (Å²) in [5, 5.41) is 4.59. The molecule has 6 heteroatoms. The van der Waals surface area contributed by atoms with E-state index in [-0.39, 0.29) is 0 Å². The summed E-state index contributed by atoms with van der Waals surface area (Å²) in [5.41, 5.74) is 10.5. The van der Waals surface area contributed by atoms with Crippen molar-refractivity contribution in [1.82, 2.24) is 29.1 Å². The minimum atomic E-state index is 0.567. The van der Waals surface area contributed by atoms with Gasteiger partial charge in [0.15, 0.2) is 5.82 Å². The molecular weight excluding hydrogens is 673 g/mol. The molecule has 0 fully saturated rings. The minimum Gasteiger partial charge on any atom is -0.309 e. The molecule has 55 heavy (non-hydrogen) atoms. The zero-order chi connectivity index (χ0) is 36.7. The Morgan fingerprint density at radius 2 is 1.31 bits per heavy atom. The quantitative estimate of drug-likeness (QED) is 0.155. The highest BCUT2D eigenvalue weighted by molar-refractivity contribution is 6.26. The maximum atomic E-state index is 5.49. The summed E-state index contributed by atoms with van der Waals surface area (Å²) >= 11 is 0. The number of para-hydroxylation sites is 3. The summed E-state index contributed by atoms with van der Waals surface area (Å²) in [6, 6.07) is 42.7. The number of nitrogens with zero attached hydrogens (tertiary/aromatic N) is 6. The van der Waals surface area contributed by atoms with Gasteiger partial charge in [-0.2, -0.15) is 0 Å². The van der Waals surface area contributed by atoms with Gasteiger partial charge in [0.1, 0.15) is 16.7 Å². The van der Waals surface area contributed by atoms with Crippen molar-refractivity contribution < 1.29 is 0 Å². The Morgan fingerprint density at radius 1 is 0.582 bits per heavy atom. The van der Waals surface area contributed by atoms with Crippen molar-refractivity contribution in [2.75, 3.05) is 0 Å². The van der Waals surface area contributed by atoms with Crippen molar-refractivity contribution in [2.45, 2.75) is 19.8 Å². The topological polar surface area (TPSA) is 61.4 Å². The Hall–Kier alpha value is -7.18. The minimum absolute atomic E-state index is 0.567. The van der Waals surface area contributed by atoms with Gasteiger partial charge in [-0.15, -0.1) is 0 Å². The first-order valence-electron chi connectivity index (χ1n) is 18.8. The van der Waals surface area contributed by atoms with Crippen molar-refractivity contribution in [1.29, 1.82) is 0 Å². The molecule has 9 aromatic rings. The standard InChI is InChI=1S/C49H36N6/c1-2-3-4-5-15-28-39-45-46(51-48(50-39)34-22-11-7-12-23-34)44(33-20-9-6-10-21-33)52-49(53-45)55-40-29-18-16-26-36(40)37-31-32-42-43(47(37)55)38-27-17-19-30-41(38)54(42)35-24-13-8-14-25-35/h2-11,13-22,24-32H,12,23H2,1H3/b3-2-,5-4-,28-15+. The van der Waals surface area contributed by atoms with Gasteiger partial charge in [-0.25, -0.2) is 19.9 Å². The van der Waals surface area contributed by atoms with Crippen LogP contribution in [0, 0.1) is 0 Å². The SMILES string of the molecule is C\C=C/C=C\C=C\c1nc(C2=CC=CCC2)nc2c(-c3ccccc3)nc(-n3c4ccccc4c4ccc5c(c6ccccc6n5-c5ccccc5)c43)nc12. The van der Waals surface area contributed by atoms with Gasteiger partial charge < -0.3 is 4.57 Å². The molecule has 0 spiro atoms. The normalized spacial score (nSPS) is 13.6. The predicted molar refractivity (Wildman–Crippen MR) is 229 cm³/mol. The van der Waals surface area contributed by atoms with E-state index in [1.165, 1.54) is 5.39 Å². The second kappa shape index (κ2) is 13.7. The van der Waals surface area contributed by atoms with Crippen LogP contribution in [0.3, 0.4) is 0 Å². The highest BCUT2D eigenvalue weighted by Crippen LogP contribution is 2.42. The summed E-state index contributed by atoms with van der Waals surface area (Å²) in [4.78, 5) is 21.4. The van der Waals surface area contributed by atoms with E-state index in [1.807, 2.05) is 49.4 Å². The van der Waals surface area contributed by atoms with Crippen LogP contribution in [0.15, 0.2) is 170 Å². The molecule has 0 bridgehead atoms. The number of fused-ring (bicyclic) bond motifs is 8. The van der Waals surface area contributed by atoms with Crippen LogP contribution in [-0.2, 0) is 0 Å². The lowest BCUT2D eigenvalue weighted by atomic mass is 10.0. The lowest BCUT2D eigenvalue weighted by molar-refractivity contribution is 0.986. The zero-order valence-electron chi connectivity index (χ0n) is 30.3. The molecule has 5 aromatic carbocycles. The van der Waals surface area contributed by atoms with E-state index in [4.69, 9.17) is 19.9 Å². The van der Waals surface area contributed by atoms with E-state index in [2.05, 4.69) is 143 Å². The van der Waals surface area contributed by atoms with Crippen LogP contribution in [0.2, 0.25) is 0 Å². The largest absolute Gasteiger partial charge is 0.309 e. The van der Waals surface area contributed by atoms with Gasteiger partial charge in [0.25, 0.3) is 0 Å². The van der Waals surface area contributed by atoms with E-state index in [9.17, 15) is 0 Å². The molecule has 0 unspecified atom stereocenters. The molecule has 6 nitrogen and oxygen atoms in total. The summed E-state index contributed by atoms with van der Waals surface area (Å²) in [6.07, 6.45) is 20.3. The fourth-order valence-electron chi connectivity index (χ4n) is 7.93. The van der Waals surface area contributed by atoms with Crippen LogP contribution in [0.25, 0.3) is 89.2 Å². The number of allylic oxidation sites excluding steroid dienone is 9. The average Bonchev–Trinajstić information content (AvgIpc) is 3.77. The molecule has 0 saturated heterocycles. The van der Waals surface area contributed by atoms with Crippen LogP contribution in [0.1, 0.15) is 31.3 Å². The van der Waals surface area contributed by atoms with Gasteiger partial charge in [0.2, 0.25) is 5.95 Å². The number of hydrogen-bond donors (Lipinski definition) is 0. The molecule has 10 rings (SSSR count). The molecule has 4 heterocycles. The van der Waals surface area contributed by atoms with Crippen LogP contribution < -0.4 is 0 Å². The maximum absolute atomic E-state index is 5.49. The van der Waals surface area contributed by atoms with E-state index >= 15 is 0 Å². The van der Waals surface area contributed by atoms with Gasteiger partial charge in [0, 0.05) is 32.8 Å². The van der Waals surface area contributed by atoms with Crippen molar-refractivity contribution in [2.24, 2.45) is 0 Å². The predicted octanol–water partition coefficient (Wildman–Crippen LogP) is 12.2. The molecule has 0 amide bonds. The van der Waals surface area contributed by atoms with Gasteiger partial charge in [-0.3, -0.25) is 4.57 Å². The second-order valence-corrected chi connectivity index (χ2v) is 13.7. The fourth-order valence-corrected chi connectivity index (χ4v) is 7.93. The van der Waals surface area contributed by atoms with Gasteiger partial charge in [-0.05, 0) is 61.7 Å². The van der Waals surface area contributed by atoms with Crippen LogP contribution in [-0.4, -0.2) is 29.1 Å². The number of benzene rings is 5. The lowest BCUT2D eigenvalue weighted by Crippen LogP contribution is -2.08. The van der Waals surface area contributed by atoms with E-state index in [0.717, 1.165) is 84.8 Å². The zero-order valence-corrected chi connectivity index (χ0v) is 30.3. The van der Waals surface area contributed by atoms with Crippen molar-refractivity contribution in [3.05, 3.63) is 181 Å². The second-order valence-electron chi connectivity index (χ2n) is 13.7. The molecule has 0 radical (unpaired) electrons. The fraction of sp³-hybridized carbons (Fsp3) is 0.0612. The first-order valence-corrected chi connectivity index (χ1v) is 18.8.